The Morgan fingerprint density at radius 1 is 0.283 bits per heavy atom. The van der Waals surface area contributed by atoms with Crippen molar-refractivity contribution in [2.24, 2.45) is 0 Å². The monoisotopic (exact) mass is 918 g/mol. The molecule has 0 aromatic heterocycles. The molecule has 0 aromatic rings. The number of hydrogen-bond acceptors (Lipinski definition) is 0. The van der Waals surface area contributed by atoms with E-state index in [0.29, 0.717) is 0 Å². The molecule has 0 aliphatic carbocycles. The summed E-state index contributed by atoms with van der Waals surface area (Å²) in [7, 11) is -6.66. The largest absolute Gasteiger partial charge is 0.193 e. The van der Waals surface area contributed by atoms with Crippen LogP contribution in [-0.2, 0) is 0 Å². The van der Waals surface area contributed by atoms with Crippen LogP contribution in [0.4, 0.5) is 0 Å². The first-order valence-corrected chi connectivity index (χ1v) is 38.5. The highest BCUT2D eigenvalue weighted by Gasteiger charge is 2.84. The van der Waals surface area contributed by atoms with Crippen LogP contribution in [0.15, 0.2) is 0 Å². The summed E-state index contributed by atoms with van der Waals surface area (Å²) in [5.41, 5.74) is -2.45. The SMILES string of the molecule is CC(C)(C)[Si](CC[Si](Br)([Si](C(C)(C)C)(C(C)(C)C)C(C)(C)C)[Si](Br)(Br)[Si](C(C)(C)C)(C(C)(C)C)C(C)(C)C)(C(C)(C)C)C(C)(C)C. The van der Waals surface area contributed by atoms with Crippen molar-refractivity contribution in [3.8, 4) is 0 Å². The molecule has 0 saturated carbocycles. The molecule has 278 valence electrons. The molecule has 0 aromatic carbocycles. The number of rotatable bonds is 6. The van der Waals surface area contributed by atoms with Gasteiger partial charge in [0.1, 0.15) is 5.73 Å². The van der Waals surface area contributed by atoms with Gasteiger partial charge in [-0.1, -0.05) is 199 Å². The van der Waals surface area contributed by atoms with E-state index >= 15 is 0 Å². The van der Waals surface area contributed by atoms with E-state index in [9.17, 15) is 0 Å². The summed E-state index contributed by atoms with van der Waals surface area (Å²) in [4.78, 5) is 0. The van der Waals surface area contributed by atoms with Gasteiger partial charge in [-0.05, 0) is 45.3 Å². The molecule has 0 fully saturated rings. The molecule has 1 atom stereocenters. The van der Waals surface area contributed by atoms with Crippen LogP contribution in [0.2, 0.25) is 57.4 Å². The van der Waals surface area contributed by atoms with Crippen molar-refractivity contribution in [3.63, 3.8) is 0 Å². The smallest absolute Gasteiger partial charge is 0.131 e. The fraction of sp³-hybridized carbons (Fsp3) is 1.00. The molecule has 0 aliphatic rings. The lowest BCUT2D eigenvalue weighted by molar-refractivity contribution is 0.528. The third-order valence-electron chi connectivity index (χ3n) is 13.0. The Kier molecular flexibility index (Phi) is 13.8. The normalized spacial score (nSPS) is 18.1. The van der Waals surface area contributed by atoms with Crippen molar-refractivity contribution in [3.05, 3.63) is 0 Å². The fourth-order valence-electron chi connectivity index (χ4n) is 15.7. The zero-order valence-corrected chi connectivity index (χ0v) is 46.3. The first-order valence-electron chi connectivity index (χ1n) is 18.3. The molecule has 0 aliphatic heterocycles. The Bertz CT molecular complexity index is 940. The van der Waals surface area contributed by atoms with Gasteiger partial charge < -0.3 is 0 Å². The highest BCUT2D eigenvalue weighted by atomic mass is 79.9. The minimum Gasteiger partial charge on any atom is -0.131 e. The first kappa shape index (κ1) is 48.5. The van der Waals surface area contributed by atoms with Gasteiger partial charge in [0.2, 0.25) is 0 Å². The van der Waals surface area contributed by atoms with Gasteiger partial charge in [0.05, 0.1) is 23.3 Å². The lowest BCUT2D eigenvalue weighted by Crippen LogP contribution is -2.89. The van der Waals surface area contributed by atoms with Gasteiger partial charge in [0.25, 0.3) is 0 Å². The second kappa shape index (κ2) is 13.1. The van der Waals surface area contributed by atoms with Gasteiger partial charge >= 0.3 is 0 Å². The summed E-state index contributed by atoms with van der Waals surface area (Å²) in [6.45, 7) is 71.2. The van der Waals surface area contributed by atoms with Gasteiger partial charge in [-0.2, -0.15) is 0 Å². The van der Waals surface area contributed by atoms with Crippen LogP contribution in [0.5, 0.6) is 0 Å². The molecule has 8 heteroatoms. The highest BCUT2D eigenvalue weighted by Crippen LogP contribution is 2.77. The van der Waals surface area contributed by atoms with Crippen LogP contribution in [0, 0.1) is 0 Å². The van der Waals surface area contributed by atoms with Crippen LogP contribution in [0.3, 0.4) is 0 Å². The Morgan fingerprint density at radius 2 is 0.478 bits per heavy atom. The van der Waals surface area contributed by atoms with Crippen LogP contribution < -0.4 is 0 Å². The summed E-state index contributed by atoms with van der Waals surface area (Å²) < 4.78 is -2.48. The zero-order valence-electron chi connectivity index (χ0n) is 36.5. The zero-order chi connectivity index (χ0) is 38.4. The lowest BCUT2D eigenvalue weighted by atomic mass is 10.2. The van der Waals surface area contributed by atoms with Crippen molar-refractivity contribution in [1.29, 1.82) is 0 Å². The summed E-state index contributed by atoms with van der Waals surface area (Å²) in [6, 6.07) is 2.75. The maximum atomic E-state index is 5.33. The maximum absolute atomic E-state index is 5.33. The number of hydrogen-bond donors (Lipinski definition) is 0. The molecule has 0 nitrogen and oxygen atoms in total. The van der Waals surface area contributed by atoms with E-state index in [1.807, 2.05) is 0 Å². The van der Waals surface area contributed by atoms with Crippen LogP contribution in [0.25, 0.3) is 0 Å². The molecule has 0 saturated heterocycles. The van der Waals surface area contributed by atoms with Crippen LogP contribution in [0.1, 0.15) is 187 Å². The molecule has 0 radical (unpaired) electrons. The summed E-state index contributed by atoms with van der Waals surface area (Å²) in [5, 5.41) is 1.98. The first-order chi connectivity index (χ1) is 19.2. The molecule has 0 spiro atoms. The second-order valence-electron chi connectivity index (χ2n) is 24.5. The summed E-state index contributed by atoms with van der Waals surface area (Å²) in [6.07, 6.45) is 0. The fourth-order valence-corrected chi connectivity index (χ4v) is 195. The summed E-state index contributed by atoms with van der Waals surface area (Å²) in [5.74, 6) is 0. The molecule has 0 amide bonds. The molecule has 0 heterocycles. The minimum atomic E-state index is -2.48. The Balaban J connectivity index is 9.32. The molecule has 0 rings (SSSR count). The third kappa shape index (κ3) is 6.98. The van der Waals surface area contributed by atoms with E-state index in [2.05, 4.69) is 187 Å². The third-order valence-corrected chi connectivity index (χ3v) is 135. The Labute approximate surface area is 320 Å². The standard InChI is InChI=1S/C38H85Br3Si5/c1-30(2,3)42(31(4,5)6,32(7,8)9)28-29-43(39,44(33(10,11)12,34(13,14)15)35(16,17)18)46(40,41)45(36(19,20)21,37(22,23)24)38(25,26)27/h28-29H2,1-27H3. The van der Waals surface area contributed by atoms with Gasteiger partial charge in [-0.3, -0.25) is 0 Å². The maximum Gasteiger partial charge on any atom is 0.193 e. The van der Waals surface area contributed by atoms with E-state index in [0.717, 1.165) is 0 Å². The highest BCUT2D eigenvalue weighted by molar-refractivity contribution is 9.59. The second-order valence-corrected chi connectivity index (χ2v) is 91.3. The van der Waals surface area contributed by atoms with Crippen molar-refractivity contribution in [2.75, 3.05) is 0 Å². The van der Waals surface area contributed by atoms with Crippen molar-refractivity contribution < 1.29 is 0 Å². The Hall–Kier alpha value is 2.52. The van der Waals surface area contributed by atoms with Gasteiger partial charge in [0.15, 0.2) is 4.35 Å². The van der Waals surface area contributed by atoms with Gasteiger partial charge in [-0.25, -0.2) is 0 Å². The molecular weight excluding hydrogens is 837 g/mol. The van der Waals surface area contributed by atoms with E-state index in [1.54, 1.807) is 0 Å². The van der Waals surface area contributed by atoms with E-state index in [1.165, 1.54) is 12.1 Å². The molecule has 46 heavy (non-hydrogen) atoms. The van der Waals surface area contributed by atoms with E-state index in [-0.39, 0.29) is 45.3 Å². The lowest BCUT2D eigenvalue weighted by Gasteiger charge is -2.74. The quantitative estimate of drug-likeness (QED) is 0.184. The predicted octanol–water partition coefficient (Wildman–Crippen LogP) is 17.3. The van der Waals surface area contributed by atoms with Crippen LogP contribution >= 0.6 is 45.9 Å². The number of halogens is 3. The van der Waals surface area contributed by atoms with E-state index < -0.39 is 33.3 Å². The van der Waals surface area contributed by atoms with E-state index in [4.69, 9.17) is 45.9 Å². The average molecular weight is 922 g/mol. The molecule has 1 unspecified atom stereocenters. The summed E-state index contributed by atoms with van der Waals surface area (Å²) >= 11 is 15.6. The van der Waals surface area contributed by atoms with Gasteiger partial charge in [-0.15, -0.1) is 45.9 Å². The van der Waals surface area contributed by atoms with Gasteiger partial charge in [0, 0.05) is 0 Å². The molecule has 0 bridgehead atoms. The topological polar surface area (TPSA) is 0 Å². The van der Waals surface area contributed by atoms with Crippen molar-refractivity contribution in [1.82, 2.24) is 0 Å². The average Bonchev–Trinajstić information content (AvgIpc) is 2.56. The minimum absolute atomic E-state index is 0.190. The molecular formula is C38H85Br3Si5. The predicted molar refractivity (Wildman–Crippen MR) is 243 cm³/mol. The Morgan fingerprint density at radius 3 is 0.630 bits per heavy atom. The molecule has 0 N–H and O–H groups in total. The van der Waals surface area contributed by atoms with Crippen molar-refractivity contribution >= 4 is 79.2 Å². The van der Waals surface area contributed by atoms with Crippen LogP contribution in [-0.4, -0.2) is 33.3 Å². The van der Waals surface area contributed by atoms with Crippen molar-refractivity contribution in [2.45, 2.75) is 244 Å².